The van der Waals surface area contributed by atoms with E-state index in [-0.39, 0.29) is 10.6 Å². The van der Waals surface area contributed by atoms with Gasteiger partial charge >= 0.3 is 0 Å². The lowest BCUT2D eigenvalue weighted by atomic mass is 9.94. The van der Waals surface area contributed by atoms with E-state index in [1.807, 2.05) is 49.1 Å². The average Bonchev–Trinajstić information content (AvgIpc) is 2.62. The number of fused-ring (bicyclic) bond motifs is 2. The van der Waals surface area contributed by atoms with Crippen molar-refractivity contribution < 1.29 is 4.79 Å². The van der Waals surface area contributed by atoms with Crippen molar-refractivity contribution in [3.05, 3.63) is 64.4 Å². The highest BCUT2D eigenvalue weighted by molar-refractivity contribution is 5.92. The van der Waals surface area contributed by atoms with E-state index < -0.39 is 0 Å². The van der Waals surface area contributed by atoms with Crippen molar-refractivity contribution in [3.63, 3.8) is 0 Å². The first kappa shape index (κ1) is 17.6. The van der Waals surface area contributed by atoms with Gasteiger partial charge in [0.05, 0.1) is 19.6 Å². The molecule has 0 aromatic heterocycles. The maximum Gasteiger partial charge on any atom is 0.224 e. The van der Waals surface area contributed by atoms with E-state index in [1.165, 1.54) is 11.1 Å². The molecule has 25 heavy (non-hydrogen) atoms. The Morgan fingerprint density at radius 1 is 1.04 bits per heavy atom. The number of anilines is 1. The number of quaternary nitrogens is 1. The molecule has 0 aliphatic carbocycles. The van der Waals surface area contributed by atoms with Crippen molar-refractivity contribution in [2.45, 2.75) is 40.2 Å². The second-order valence-corrected chi connectivity index (χ2v) is 6.71. The summed E-state index contributed by atoms with van der Waals surface area (Å²) in [4.78, 5) is 14.1. The van der Waals surface area contributed by atoms with Crippen LogP contribution in [0.15, 0.2) is 42.5 Å². The summed E-state index contributed by atoms with van der Waals surface area (Å²) in [7, 11) is 0. The highest BCUT2D eigenvalue weighted by Gasteiger charge is 2.23. The Hall–Kier alpha value is -2.17. The van der Waals surface area contributed by atoms with Crippen molar-refractivity contribution >= 4 is 17.3 Å². The summed E-state index contributed by atoms with van der Waals surface area (Å²) >= 11 is 0. The minimum atomic E-state index is -0.305. The summed E-state index contributed by atoms with van der Waals surface area (Å²) in [6.07, 6.45) is 1.76. The molecule has 1 aliphatic heterocycles. The molecule has 0 saturated heterocycles. The van der Waals surface area contributed by atoms with Crippen LogP contribution in [0.3, 0.4) is 0 Å². The van der Waals surface area contributed by atoms with Crippen molar-refractivity contribution in [2.75, 3.05) is 18.0 Å². The van der Waals surface area contributed by atoms with Gasteiger partial charge in [0.2, 0.25) is 5.91 Å². The molecule has 3 rings (SSSR count). The van der Waals surface area contributed by atoms with Gasteiger partial charge in [-0.3, -0.25) is 4.79 Å². The number of hydrogen-bond acceptors (Lipinski definition) is 2. The Kier molecular flexibility index (Phi) is 4.93. The van der Waals surface area contributed by atoms with Crippen LogP contribution in [0.25, 0.3) is 0 Å². The van der Waals surface area contributed by atoms with E-state index in [4.69, 9.17) is 0 Å². The van der Waals surface area contributed by atoms with E-state index >= 15 is 0 Å². The normalized spacial score (nSPS) is 14.3. The zero-order valence-electron chi connectivity index (χ0n) is 15.3. The molecular formula is C21H26N2O2. The molecule has 2 aromatic rings. The number of hydrogen-bond donors (Lipinski definition) is 0. The van der Waals surface area contributed by atoms with Gasteiger partial charge in [0.25, 0.3) is 0 Å². The van der Waals surface area contributed by atoms with Gasteiger partial charge in [-0.2, -0.15) is 0 Å². The lowest BCUT2D eigenvalue weighted by Gasteiger charge is -2.41. The van der Waals surface area contributed by atoms with Gasteiger partial charge in [0, 0.05) is 18.7 Å². The number of hydroxylamine groups is 2. The van der Waals surface area contributed by atoms with Crippen molar-refractivity contribution in [1.29, 1.82) is 0 Å². The van der Waals surface area contributed by atoms with Crippen LogP contribution in [-0.4, -0.2) is 19.0 Å². The predicted molar refractivity (Wildman–Crippen MR) is 103 cm³/mol. The molecule has 4 nitrogen and oxygen atoms in total. The minimum Gasteiger partial charge on any atom is -0.627 e. The van der Waals surface area contributed by atoms with Crippen LogP contribution in [-0.2, 0) is 24.2 Å². The largest absolute Gasteiger partial charge is 0.627 e. The van der Waals surface area contributed by atoms with Gasteiger partial charge in [0.15, 0.2) is 0 Å². The first-order valence-electron chi connectivity index (χ1n) is 9.05. The third-order valence-corrected chi connectivity index (χ3v) is 5.34. The summed E-state index contributed by atoms with van der Waals surface area (Å²) in [5.74, 6) is 0.0421. The Balaban J connectivity index is 2.04. The SMILES string of the molecule is CC[N+]([O-])(CC)c1ccc2c(c1)CCc1ccccc1N(C(C)=O)C2. The average molecular weight is 338 g/mol. The standard InChI is InChI=1S/C21H26N2O2/c1-4-23(25,5-2)20-13-12-19-15-22(16(3)24)21-9-7-6-8-17(21)10-11-18(19)14-20/h6-9,12-14H,4-5,10-11,15H2,1-3H3. The third kappa shape index (κ3) is 3.32. The van der Waals surface area contributed by atoms with Gasteiger partial charge in [0.1, 0.15) is 5.69 Å². The van der Waals surface area contributed by atoms with Crippen LogP contribution >= 0.6 is 0 Å². The molecule has 4 heteroatoms. The number of nitrogens with zero attached hydrogens (tertiary/aromatic N) is 2. The zero-order valence-corrected chi connectivity index (χ0v) is 15.3. The van der Waals surface area contributed by atoms with E-state index in [1.54, 1.807) is 6.92 Å². The monoisotopic (exact) mass is 338 g/mol. The van der Waals surface area contributed by atoms with Gasteiger partial charge < -0.3 is 14.8 Å². The molecule has 0 saturated carbocycles. The van der Waals surface area contributed by atoms with Gasteiger partial charge in [-0.25, -0.2) is 0 Å². The highest BCUT2D eigenvalue weighted by atomic mass is 16.5. The van der Waals surface area contributed by atoms with E-state index in [9.17, 15) is 10.0 Å². The number of carbonyl (C=O) groups is 1. The highest BCUT2D eigenvalue weighted by Crippen LogP contribution is 2.31. The van der Waals surface area contributed by atoms with E-state index in [0.717, 1.165) is 29.8 Å². The first-order chi connectivity index (χ1) is 12.0. The van der Waals surface area contributed by atoms with Crippen molar-refractivity contribution in [3.8, 4) is 0 Å². The minimum absolute atomic E-state index is 0.0421. The van der Waals surface area contributed by atoms with Gasteiger partial charge in [-0.05, 0) is 55.5 Å². The number of para-hydroxylation sites is 1. The topological polar surface area (TPSA) is 43.4 Å². The molecule has 0 N–H and O–H groups in total. The van der Waals surface area contributed by atoms with Gasteiger partial charge in [-0.15, -0.1) is 0 Å². The Morgan fingerprint density at radius 3 is 2.40 bits per heavy atom. The lowest BCUT2D eigenvalue weighted by molar-refractivity contribution is -0.116. The molecule has 0 atom stereocenters. The summed E-state index contributed by atoms with van der Waals surface area (Å²) in [5.41, 5.74) is 5.31. The van der Waals surface area contributed by atoms with Crippen LogP contribution < -0.4 is 9.55 Å². The van der Waals surface area contributed by atoms with Crippen LogP contribution in [0.1, 0.15) is 37.5 Å². The Morgan fingerprint density at radius 2 is 1.72 bits per heavy atom. The molecule has 132 valence electrons. The lowest BCUT2D eigenvalue weighted by Crippen LogP contribution is -2.42. The summed E-state index contributed by atoms with van der Waals surface area (Å²) < 4.78 is -0.305. The number of carbonyl (C=O) groups excluding carboxylic acids is 1. The van der Waals surface area contributed by atoms with E-state index in [0.29, 0.717) is 19.6 Å². The molecule has 0 bridgehead atoms. The second kappa shape index (κ2) is 6.98. The fourth-order valence-corrected chi connectivity index (χ4v) is 3.63. The van der Waals surface area contributed by atoms with Crippen LogP contribution in [0.4, 0.5) is 11.4 Å². The Bertz CT molecular complexity index is 781. The molecule has 0 spiro atoms. The summed E-state index contributed by atoms with van der Waals surface area (Å²) in [6, 6.07) is 14.1. The molecule has 0 fully saturated rings. The Labute approximate surface area is 149 Å². The smallest absolute Gasteiger partial charge is 0.224 e. The second-order valence-electron chi connectivity index (χ2n) is 6.71. The van der Waals surface area contributed by atoms with Gasteiger partial charge in [-0.1, -0.05) is 24.3 Å². The van der Waals surface area contributed by atoms with Crippen LogP contribution in [0, 0.1) is 5.21 Å². The number of benzene rings is 2. The third-order valence-electron chi connectivity index (χ3n) is 5.34. The fourth-order valence-electron chi connectivity index (χ4n) is 3.63. The molecule has 2 aromatic carbocycles. The number of amides is 1. The van der Waals surface area contributed by atoms with Crippen molar-refractivity contribution in [2.24, 2.45) is 0 Å². The molecule has 0 unspecified atom stereocenters. The molecular weight excluding hydrogens is 312 g/mol. The fraction of sp³-hybridized carbons (Fsp3) is 0.381. The first-order valence-corrected chi connectivity index (χ1v) is 9.05. The summed E-state index contributed by atoms with van der Waals surface area (Å²) in [6.45, 7) is 7.08. The van der Waals surface area contributed by atoms with Crippen LogP contribution in [0.5, 0.6) is 0 Å². The molecule has 1 amide bonds. The maximum absolute atomic E-state index is 12.9. The summed E-state index contributed by atoms with van der Waals surface area (Å²) in [5, 5.41) is 12.9. The predicted octanol–water partition coefficient (Wildman–Crippen LogP) is 4.18. The van der Waals surface area contributed by atoms with E-state index in [2.05, 4.69) is 12.1 Å². The number of rotatable bonds is 3. The number of aryl methyl sites for hydroxylation is 2. The quantitative estimate of drug-likeness (QED) is 0.622. The van der Waals surface area contributed by atoms with Crippen LogP contribution in [0.2, 0.25) is 0 Å². The zero-order chi connectivity index (χ0) is 18.0. The molecule has 1 aliphatic rings. The maximum atomic E-state index is 12.9. The molecule has 0 radical (unpaired) electrons. The molecule has 1 heterocycles. The van der Waals surface area contributed by atoms with Crippen molar-refractivity contribution in [1.82, 2.24) is 4.65 Å².